The summed E-state index contributed by atoms with van der Waals surface area (Å²) in [5, 5.41) is 13.0. The number of carbonyl (C=O) groups is 1. The number of aliphatic hydroxyl groups is 1. The predicted molar refractivity (Wildman–Crippen MR) is 79.0 cm³/mol. The fourth-order valence-corrected chi connectivity index (χ4v) is 2.82. The lowest BCUT2D eigenvalue weighted by molar-refractivity contribution is -0.129. The number of nitrogen functional groups attached to an aromatic ring is 1. The molecule has 1 aromatic rings. The molecule has 5 heteroatoms. The Balaban J connectivity index is 1.97. The molecule has 0 radical (unpaired) electrons. The molecule has 0 aromatic heterocycles. The second kappa shape index (κ2) is 5.81. The highest BCUT2D eigenvalue weighted by molar-refractivity contribution is 5.82. The van der Waals surface area contributed by atoms with Crippen molar-refractivity contribution in [3.05, 3.63) is 29.8 Å². The maximum Gasteiger partial charge on any atom is 0.227 e. The average Bonchev–Trinajstić information content (AvgIpc) is 2.80. The van der Waals surface area contributed by atoms with Crippen molar-refractivity contribution in [2.45, 2.75) is 19.4 Å². The minimum atomic E-state index is -0.578. The molecule has 1 aliphatic rings. The van der Waals surface area contributed by atoms with E-state index in [9.17, 15) is 9.90 Å². The van der Waals surface area contributed by atoms with Gasteiger partial charge in [-0.25, -0.2) is 0 Å². The van der Waals surface area contributed by atoms with E-state index in [0.29, 0.717) is 18.8 Å². The number of nitrogens with zero attached hydrogens (tertiary/aromatic N) is 1. The number of nitrogens with one attached hydrogen (secondary N) is 1. The molecule has 1 fully saturated rings. The lowest BCUT2D eigenvalue weighted by atomic mass is 9.89. The highest BCUT2D eigenvalue weighted by Crippen LogP contribution is 2.31. The number of likely N-dealkylation sites (tertiary alicyclic amines) is 1. The van der Waals surface area contributed by atoms with E-state index < -0.39 is 6.10 Å². The number of benzene rings is 1. The molecule has 5 nitrogen and oxygen atoms in total. The maximum absolute atomic E-state index is 11.9. The van der Waals surface area contributed by atoms with Gasteiger partial charge in [-0.2, -0.15) is 0 Å². The average molecular weight is 277 g/mol. The Hall–Kier alpha value is -1.59. The van der Waals surface area contributed by atoms with Crippen LogP contribution in [0.1, 0.15) is 25.0 Å². The van der Waals surface area contributed by atoms with Crippen molar-refractivity contribution < 1.29 is 9.90 Å². The van der Waals surface area contributed by atoms with Gasteiger partial charge in [-0.3, -0.25) is 9.69 Å². The molecule has 20 heavy (non-hydrogen) atoms. The second-order valence-corrected chi connectivity index (χ2v) is 5.81. The molecule has 2 rings (SSSR count). The molecule has 0 spiro atoms. The van der Waals surface area contributed by atoms with Gasteiger partial charge in [0.15, 0.2) is 0 Å². The molecule has 1 saturated heterocycles. The summed E-state index contributed by atoms with van der Waals surface area (Å²) in [5.41, 5.74) is 6.84. The van der Waals surface area contributed by atoms with E-state index in [4.69, 9.17) is 5.73 Å². The van der Waals surface area contributed by atoms with Gasteiger partial charge < -0.3 is 16.2 Å². The Morgan fingerprint density at radius 3 is 3.00 bits per heavy atom. The Bertz CT molecular complexity index is 492. The third-order valence-corrected chi connectivity index (χ3v) is 4.05. The summed E-state index contributed by atoms with van der Waals surface area (Å²) < 4.78 is 0. The quantitative estimate of drug-likeness (QED) is 0.710. The van der Waals surface area contributed by atoms with Gasteiger partial charge in [-0.15, -0.1) is 0 Å². The van der Waals surface area contributed by atoms with E-state index in [1.807, 2.05) is 19.1 Å². The molecule has 0 aliphatic carbocycles. The van der Waals surface area contributed by atoms with Crippen LogP contribution in [0.25, 0.3) is 0 Å². The van der Waals surface area contributed by atoms with E-state index in [1.54, 1.807) is 19.2 Å². The topological polar surface area (TPSA) is 78.6 Å². The molecule has 2 unspecified atom stereocenters. The minimum absolute atomic E-state index is 0.0680. The van der Waals surface area contributed by atoms with Crippen LogP contribution in [0.4, 0.5) is 5.69 Å². The largest absolute Gasteiger partial charge is 0.399 e. The van der Waals surface area contributed by atoms with Gasteiger partial charge in [0.2, 0.25) is 5.91 Å². The third-order valence-electron chi connectivity index (χ3n) is 4.05. The standard InChI is InChI=1S/C15H23N3O2/c1-15(14(20)17-2)6-7-18(10-15)9-13(19)11-4-3-5-12(16)8-11/h3-5,8,13,19H,6-7,9-10,16H2,1-2H3,(H,17,20). The lowest BCUT2D eigenvalue weighted by Crippen LogP contribution is -2.39. The lowest BCUT2D eigenvalue weighted by Gasteiger charge is -2.24. The molecule has 0 bridgehead atoms. The molecule has 4 N–H and O–H groups in total. The molecule has 1 aromatic carbocycles. The van der Waals surface area contributed by atoms with Crippen LogP contribution in [0.3, 0.4) is 0 Å². The zero-order valence-electron chi connectivity index (χ0n) is 12.1. The van der Waals surface area contributed by atoms with E-state index in [0.717, 1.165) is 18.5 Å². The predicted octanol–water partition coefficient (Wildman–Crippen LogP) is 0.760. The Morgan fingerprint density at radius 2 is 2.35 bits per heavy atom. The van der Waals surface area contributed by atoms with Crippen LogP contribution < -0.4 is 11.1 Å². The third kappa shape index (κ3) is 3.11. The Labute approximate surface area is 119 Å². The van der Waals surface area contributed by atoms with Crippen LogP contribution in [0.2, 0.25) is 0 Å². The van der Waals surface area contributed by atoms with Crippen LogP contribution in [-0.4, -0.2) is 42.6 Å². The van der Waals surface area contributed by atoms with Gasteiger partial charge in [-0.05, 0) is 37.6 Å². The number of rotatable bonds is 4. The zero-order valence-corrected chi connectivity index (χ0v) is 12.1. The van der Waals surface area contributed by atoms with E-state index in [-0.39, 0.29) is 11.3 Å². The molecule has 1 aliphatic heterocycles. The summed E-state index contributed by atoms with van der Waals surface area (Å²) in [7, 11) is 1.66. The molecular formula is C15H23N3O2. The van der Waals surface area contributed by atoms with Gasteiger partial charge >= 0.3 is 0 Å². The normalized spacial score (nSPS) is 24.6. The van der Waals surface area contributed by atoms with Crippen molar-refractivity contribution in [2.75, 3.05) is 32.4 Å². The summed E-state index contributed by atoms with van der Waals surface area (Å²) in [6.45, 7) is 3.99. The van der Waals surface area contributed by atoms with E-state index >= 15 is 0 Å². The number of anilines is 1. The van der Waals surface area contributed by atoms with Crippen molar-refractivity contribution >= 4 is 11.6 Å². The number of hydrogen-bond acceptors (Lipinski definition) is 4. The van der Waals surface area contributed by atoms with Crippen molar-refractivity contribution in [1.82, 2.24) is 10.2 Å². The number of hydrogen-bond donors (Lipinski definition) is 3. The second-order valence-electron chi connectivity index (χ2n) is 5.81. The van der Waals surface area contributed by atoms with E-state index in [1.165, 1.54) is 0 Å². The van der Waals surface area contributed by atoms with Crippen LogP contribution in [-0.2, 0) is 4.79 Å². The van der Waals surface area contributed by atoms with Crippen molar-refractivity contribution in [3.8, 4) is 0 Å². The van der Waals surface area contributed by atoms with Crippen molar-refractivity contribution in [2.24, 2.45) is 5.41 Å². The van der Waals surface area contributed by atoms with Gasteiger partial charge in [0.25, 0.3) is 0 Å². The summed E-state index contributed by atoms with van der Waals surface area (Å²) in [4.78, 5) is 14.0. The number of β-amino-alcohol motifs (C(OH)–C–C–N with tert-alkyl or cyclic N) is 1. The Morgan fingerprint density at radius 1 is 1.60 bits per heavy atom. The first-order chi connectivity index (χ1) is 9.44. The van der Waals surface area contributed by atoms with Crippen molar-refractivity contribution in [1.29, 1.82) is 0 Å². The molecule has 110 valence electrons. The Kier molecular flexibility index (Phi) is 4.30. The highest BCUT2D eigenvalue weighted by Gasteiger charge is 2.40. The van der Waals surface area contributed by atoms with Gasteiger partial charge in [0, 0.05) is 25.8 Å². The monoisotopic (exact) mass is 277 g/mol. The zero-order chi connectivity index (χ0) is 14.8. The summed E-state index contributed by atoms with van der Waals surface area (Å²) in [6, 6.07) is 7.30. The summed E-state index contributed by atoms with van der Waals surface area (Å²) in [6.07, 6.45) is 0.238. The fraction of sp³-hybridized carbons (Fsp3) is 0.533. The van der Waals surface area contributed by atoms with Gasteiger partial charge in [-0.1, -0.05) is 12.1 Å². The molecule has 2 atom stereocenters. The smallest absolute Gasteiger partial charge is 0.227 e. The van der Waals surface area contributed by atoms with Crippen molar-refractivity contribution in [3.63, 3.8) is 0 Å². The molecule has 1 heterocycles. The number of nitrogens with two attached hydrogens (primary N) is 1. The van der Waals surface area contributed by atoms with Crippen LogP contribution in [0, 0.1) is 5.41 Å². The first kappa shape index (κ1) is 14.8. The summed E-state index contributed by atoms with van der Waals surface area (Å²) in [5.74, 6) is 0.0680. The highest BCUT2D eigenvalue weighted by atomic mass is 16.3. The molecule has 0 saturated carbocycles. The number of aliphatic hydroxyl groups excluding tert-OH is 1. The number of carbonyl (C=O) groups excluding carboxylic acids is 1. The van der Waals surface area contributed by atoms with Gasteiger partial charge in [0.05, 0.1) is 11.5 Å². The summed E-state index contributed by atoms with van der Waals surface area (Å²) >= 11 is 0. The minimum Gasteiger partial charge on any atom is -0.399 e. The first-order valence-electron chi connectivity index (χ1n) is 6.93. The fourth-order valence-electron chi connectivity index (χ4n) is 2.82. The van der Waals surface area contributed by atoms with Gasteiger partial charge in [0.1, 0.15) is 0 Å². The van der Waals surface area contributed by atoms with Crippen LogP contribution in [0.5, 0.6) is 0 Å². The van der Waals surface area contributed by atoms with Crippen LogP contribution in [0.15, 0.2) is 24.3 Å². The molecular weight excluding hydrogens is 254 g/mol. The maximum atomic E-state index is 11.9. The molecule has 1 amide bonds. The first-order valence-corrected chi connectivity index (χ1v) is 6.93. The SMILES string of the molecule is CNC(=O)C1(C)CCN(CC(O)c2cccc(N)c2)C1. The van der Waals surface area contributed by atoms with E-state index in [2.05, 4.69) is 10.2 Å². The number of amides is 1. The van der Waals surface area contributed by atoms with Crippen LogP contribution >= 0.6 is 0 Å².